The number of benzene rings is 3. The predicted molar refractivity (Wildman–Crippen MR) is 154 cm³/mol. The molecule has 2 unspecified atom stereocenters. The van der Waals surface area contributed by atoms with Crippen molar-refractivity contribution in [3.8, 4) is 0 Å². The Hall–Kier alpha value is -2.82. The molecular formula is C31H31N2S2+. The lowest BCUT2D eigenvalue weighted by molar-refractivity contribution is -0.664. The predicted octanol–water partition coefficient (Wildman–Crippen LogP) is 8.20. The van der Waals surface area contributed by atoms with Gasteiger partial charge in [-0.1, -0.05) is 90.7 Å². The van der Waals surface area contributed by atoms with E-state index in [2.05, 4.69) is 115 Å². The molecule has 176 valence electrons. The van der Waals surface area contributed by atoms with Gasteiger partial charge in [0, 0.05) is 12.6 Å². The molecular weight excluding hydrogens is 464 g/mol. The van der Waals surface area contributed by atoms with Gasteiger partial charge in [0.2, 0.25) is 5.52 Å². The topological polar surface area (TPSA) is 7.12 Å². The Kier molecular flexibility index (Phi) is 6.03. The fourth-order valence-electron chi connectivity index (χ4n) is 5.53. The second-order valence-corrected chi connectivity index (χ2v) is 11.4. The number of thioether (sulfide) groups is 1. The van der Waals surface area contributed by atoms with Crippen molar-refractivity contribution in [2.75, 3.05) is 6.54 Å². The van der Waals surface area contributed by atoms with E-state index in [-0.39, 0.29) is 0 Å². The van der Waals surface area contributed by atoms with Crippen LogP contribution in [0.1, 0.15) is 49.4 Å². The van der Waals surface area contributed by atoms with Crippen LogP contribution in [-0.4, -0.2) is 16.7 Å². The van der Waals surface area contributed by atoms with Gasteiger partial charge in [0.05, 0.1) is 21.7 Å². The molecule has 0 saturated carbocycles. The third-order valence-corrected chi connectivity index (χ3v) is 9.64. The zero-order valence-electron chi connectivity index (χ0n) is 20.6. The fourth-order valence-corrected chi connectivity index (χ4v) is 8.21. The lowest BCUT2D eigenvalue weighted by Gasteiger charge is -2.31. The number of aryl methyl sites for hydroxylation is 1. The first-order chi connectivity index (χ1) is 17.2. The minimum absolute atomic E-state index is 0.423. The first kappa shape index (κ1) is 22.6. The van der Waals surface area contributed by atoms with Crippen LogP contribution in [0.4, 0.5) is 0 Å². The minimum Gasteiger partial charge on any atom is -0.358 e. The molecule has 1 aliphatic heterocycles. The molecule has 4 heteroatoms. The van der Waals surface area contributed by atoms with E-state index < -0.39 is 0 Å². The summed E-state index contributed by atoms with van der Waals surface area (Å²) in [6.07, 6.45) is 10.6. The van der Waals surface area contributed by atoms with Gasteiger partial charge in [-0.15, -0.1) is 0 Å². The van der Waals surface area contributed by atoms with E-state index in [0.29, 0.717) is 11.3 Å². The molecule has 35 heavy (non-hydrogen) atoms. The van der Waals surface area contributed by atoms with E-state index in [1.807, 2.05) is 23.1 Å². The number of thiazole rings is 1. The second kappa shape index (κ2) is 9.33. The highest BCUT2D eigenvalue weighted by Gasteiger charge is 2.39. The maximum absolute atomic E-state index is 2.60. The first-order valence-corrected chi connectivity index (χ1v) is 14.4. The summed E-state index contributed by atoms with van der Waals surface area (Å²) in [5.41, 5.74) is 5.57. The van der Waals surface area contributed by atoms with Crippen molar-refractivity contribution < 1.29 is 4.57 Å². The molecule has 3 aromatic carbocycles. The van der Waals surface area contributed by atoms with Crippen LogP contribution in [0.15, 0.2) is 83.4 Å². The molecule has 0 radical (unpaired) electrons. The van der Waals surface area contributed by atoms with Crippen LogP contribution in [-0.2, 0) is 6.54 Å². The molecule has 0 amide bonds. The highest BCUT2D eigenvalue weighted by Crippen LogP contribution is 2.50. The van der Waals surface area contributed by atoms with E-state index in [9.17, 15) is 0 Å². The van der Waals surface area contributed by atoms with Crippen molar-refractivity contribution >= 4 is 56.2 Å². The van der Waals surface area contributed by atoms with Gasteiger partial charge >= 0.3 is 0 Å². The van der Waals surface area contributed by atoms with Crippen LogP contribution in [0.3, 0.4) is 0 Å². The lowest BCUT2D eigenvalue weighted by atomic mass is 9.91. The normalized spacial score (nSPS) is 20.7. The van der Waals surface area contributed by atoms with Gasteiger partial charge in [-0.2, -0.15) is 4.57 Å². The molecule has 2 heterocycles. The molecule has 2 atom stereocenters. The highest BCUT2D eigenvalue weighted by molar-refractivity contribution is 8.04. The number of nitrogens with zero attached hydrogens (tertiary/aromatic N) is 2. The summed E-state index contributed by atoms with van der Waals surface area (Å²) in [6, 6.07) is 22.6. The summed E-state index contributed by atoms with van der Waals surface area (Å²) in [5.74, 6) is 0. The monoisotopic (exact) mass is 495 g/mol. The van der Waals surface area contributed by atoms with Crippen LogP contribution in [0, 0.1) is 0 Å². The second-order valence-electron chi connectivity index (χ2n) is 9.17. The maximum atomic E-state index is 2.60. The third kappa shape index (κ3) is 3.84. The Morgan fingerprint density at radius 2 is 1.83 bits per heavy atom. The zero-order chi connectivity index (χ0) is 23.9. The van der Waals surface area contributed by atoms with E-state index in [1.54, 1.807) is 0 Å². The number of hydrogen-bond acceptors (Lipinski definition) is 3. The van der Waals surface area contributed by atoms with Gasteiger partial charge in [0.15, 0.2) is 0 Å². The summed E-state index contributed by atoms with van der Waals surface area (Å²) in [5, 5.41) is 5.86. The number of aromatic nitrogens is 1. The maximum Gasteiger partial charge on any atom is 0.263 e. The smallest absolute Gasteiger partial charge is 0.263 e. The fraction of sp³-hybridized carbons (Fsp3) is 0.258. The van der Waals surface area contributed by atoms with Crippen LogP contribution in [0.2, 0.25) is 0 Å². The van der Waals surface area contributed by atoms with Gasteiger partial charge in [0.25, 0.3) is 5.01 Å². The summed E-state index contributed by atoms with van der Waals surface area (Å²) >= 11 is 3.93. The van der Waals surface area contributed by atoms with E-state index >= 15 is 0 Å². The third-order valence-electron chi connectivity index (χ3n) is 7.26. The number of hydrogen-bond donors (Lipinski definition) is 0. The molecule has 4 aromatic rings. The largest absolute Gasteiger partial charge is 0.358 e. The Labute approximate surface area is 216 Å². The molecule has 2 aliphatic rings. The Balaban J connectivity index is 1.42. The molecule has 6 rings (SSSR count). The average Bonchev–Trinajstić information content (AvgIpc) is 3.45. The molecule has 1 saturated heterocycles. The van der Waals surface area contributed by atoms with E-state index in [1.165, 1.54) is 47.7 Å². The van der Waals surface area contributed by atoms with Crippen LogP contribution in [0.25, 0.3) is 33.1 Å². The number of allylic oxidation sites excluding steroid dienone is 2. The summed E-state index contributed by atoms with van der Waals surface area (Å²) in [7, 11) is 0. The van der Waals surface area contributed by atoms with Crippen molar-refractivity contribution in [2.45, 2.75) is 45.0 Å². The van der Waals surface area contributed by atoms with Gasteiger partial charge in [-0.3, -0.25) is 0 Å². The number of rotatable bonds is 5. The molecule has 2 nitrogen and oxygen atoms in total. The lowest BCUT2D eigenvalue weighted by Crippen LogP contribution is -2.33. The van der Waals surface area contributed by atoms with Crippen LogP contribution < -0.4 is 4.57 Å². The number of fused-ring (bicyclic) bond motifs is 6. The minimum atomic E-state index is 0.423. The molecule has 0 spiro atoms. The molecule has 0 N–H and O–H groups in total. The molecule has 1 fully saturated rings. The molecule has 1 aliphatic carbocycles. The van der Waals surface area contributed by atoms with Crippen LogP contribution >= 0.6 is 23.1 Å². The van der Waals surface area contributed by atoms with Crippen molar-refractivity contribution in [3.63, 3.8) is 0 Å². The van der Waals surface area contributed by atoms with Crippen molar-refractivity contribution in [1.82, 2.24) is 4.90 Å². The van der Waals surface area contributed by atoms with Gasteiger partial charge in [-0.25, -0.2) is 0 Å². The summed E-state index contributed by atoms with van der Waals surface area (Å²) in [4.78, 5) is 2.60. The summed E-state index contributed by atoms with van der Waals surface area (Å²) in [6.45, 7) is 8.81. The van der Waals surface area contributed by atoms with Gasteiger partial charge in [0.1, 0.15) is 11.2 Å². The van der Waals surface area contributed by atoms with Crippen molar-refractivity contribution in [3.05, 3.63) is 99.6 Å². The standard InChI is InChI=1S/C31H31N2S2/c1-4-21(19-28-32(5-2)30-24-13-9-7-11-22(24)15-17-26(30)34-28)20-29-33(6-3)31-25-14-10-8-12-23(25)16-18-27(31)35-29/h7-20,26,30H,4-6H2,1-3H3/q+1. The Morgan fingerprint density at radius 3 is 2.66 bits per heavy atom. The average molecular weight is 496 g/mol. The van der Waals surface area contributed by atoms with Crippen molar-refractivity contribution in [2.24, 2.45) is 0 Å². The Morgan fingerprint density at radius 1 is 1.00 bits per heavy atom. The van der Waals surface area contributed by atoms with Gasteiger partial charge in [-0.05, 0) is 60.6 Å². The quantitative estimate of drug-likeness (QED) is 0.258. The molecule has 0 bridgehead atoms. The van der Waals surface area contributed by atoms with E-state index in [4.69, 9.17) is 0 Å². The van der Waals surface area contributed by atoms with E-state index in [0.717, 1.165) is 19.5 Å². The molecule has 1 aromatic heterocycles. The first-order valence-electron chi connectivity index (χ1n) is 12.7. The SMILES string of the molecule is CCC(=Cc1sc2ccc3ccccc3c2[n+]1CC)C=C1SC2C=Cc3ccccc3C2N1CC. The highest BCUT2D eigenvalue weighted by atomic mass is 32.2. The summed E-state index contributed by atoms with van der Waals surface area (Å²) < 4.78 is 3.85. The van der Waals surface area contributed by atoms with Crippen molar-refractivity contribution in [1.29, 1.82) is 0 Å². The van der Waals surface area contributed by atoms with Gasteiger partial charge < -0.3 is 4.90 Å². The zero-order valence-corrected chi connectivity index (χ0v) is 22.2. The van der Waals surface area contributed by atoms with Crippen LogP contribution in [0.5, 0.6) is 0 Å². The Bertz CT molecular complexity index is 1510.